The number of hydrogen-bond acceptors (Lipinski definition) is 4. The van der Waals surface area contributed by atoms with Crippen LogP contribution in [0.1, 0.15) is 36.5 Å². The largest absolute Gasteiger partial charge is 0.478 e. The van der Waals surface area contributed by atoms with Crippen molar-refractivity contribution in [3.05, 3.63) is 23.6 Å². The summed E-state index contributed by atoms with van der Waals surface area (Å²) in [5.41, 5.74) is -0.397. The van der Waals surface area contributed by atoms with E-state index < -0.39 is 17.3 Å². The first-order valence-electron chi connectivity index (χ1n) is 6.32. The Labute approximate surface area is 111 Å². The van der Waals surface area contributed by atoms with Gasteiger partial charge in [0.1, 0.15) is 5.56 Å². The average molecular weight is 270 g/mol. The molecule has 3 N–H and O–H groups in total. The van der Waals surface area contributed by atoms with Gasteiger partial charge in [0.25, 0.3) is 0 Å². The second-order valence-electron chi connectivity index (χ2n) is 4.37. The number of carbonyl (C=O) groups is 1. The number of carboxylic acid groups (broad SMARTS) is 1. The maximum Gasteiger partial charge on any atom is 0.338 e. The van der Waals surface area contributed by atoms with Gasteiger partial charge in [0.2, 0.25) is 0 Å². The Kier molecular flexibility index (Phi) is 6.21. The second kappa shape index (κ2) is 7.68. The summed E-state index contributed by atoms with van der Waals surface area (Å²) in [5.74, 6) is -2.01. The van der Waals surface area contributed by atoms with Crippen LogP contribution in [0, 0.1) is 11.7 Å². The number of aromatic nitrogens is 1. The van der Waals surface area contributed by atoms with Crippen LogP contribution in [0.5, 0.6) is 0 Å². The van der Waals surface area contributed by atoms with Crippen molar-refractivity contribution >= 4 is 11.8 Å². The molecule has 1 unspecified atom stereocenters. The molecule has 1 aromatic rings. The van der Waals surface area contributed by atoms with Gasteiger partial charge in [-0.25, -0.2) is 14.2 Å². The highest BCUT2D eigenvalue weighted by molar-refractivity contribution is 5.88. The second-order valence-corrected chi connectivity index (χ2v) is 4.37. The van der Waals surface area contributed by atoms with E-state index >= 15 is 0 Å². The number of aliphatic hydroxyl groups is 1. The third-order valence-electron chi connectivity index (χ3n) is 2.91. The molecule has 0 amide bonds. The summed E-state index contributed by atoms with van der Waals surface area (Å²) >= 11 is 0. The van der Waals surface area contributed by atoms with Crippen LogP contribution in [-0.4, -0.2) is 34.3 Å². The zero-order chi connectivity index (χ0) is 14.3. The lowest BCUT2D eigenvalue weighted by Crippen LogP contribution is -2.18. The zero-order valence-electron chi connectivity index (χ0n) is 10.9. The number of anilines is 1. The van der Waals surface area contributed by atoms with Gasteiger partial charge in [-0.15, -0.1) is 0 Å². The van der Waals surface area contributed by atoms with E-state index in [1.165, 1.54) is 6.20 Å². The van der Waals surface area contributed by atoms with E-state index in [0.717, 1.165) is 18.9 Å². The smallest absolute Gasteiger partial charge is 0.338 e. The molecule has 1 atom stereocenters. The molecule has 0 aromatic carbocycles. The lowest BCUT2D eigenvalue weighted by Gasteiger charge is -2.16. The van der Waals surface area contributed by atoms with Crippen molar-refractivity contribution in [3.8, 4) is 0 Å². The molecule has 0 aliphatic rings. The van der Waals surface area contributed by atoms with Crippen LogP contribution in [0.3, 0.4) is 0 Å². The van der Waals surface area contributed by atoms with Gasteiger partial charge < -0.3 is 15.5 Å². The highest BCUT2D eigenvalue weighted by Crippen LogP contribution is 2.17. The van der Waals surface area contributed by atoms with Crippen LogP contribution in [0.25, 0.3) is 0 Å². The zero-order valence-corrected chi connectivity index (χ0v) is 10.9. The van der Waals surface area contributed by atoms with Crippen molar-refractivity contribution < 1.29 is 19.4 Å². The molecular weight excluding hydrogens is 251 g/mol. The molecular formula is C13H19FN2O3. The Hall–Kier alpha value is -1.69. The summed E-state index contributed by atoms with van der Waals surface area (Å²) in [6, 6.07) is 1.13. The standard InChI is InChI=1S/C13H19FN2O3/c1-2-3-9(5-7-17)8-16-12-11(14)10(13(18)19)4-6-15-12/h4,6,9,17H,2-3,5,7-8H2,1H3,(H,15,16)(H,18,19). The normalized spacial score (nSPS) is 12.2. The Bertz CT molecular complexity index is 420. The third-order valence-corrected chi connectivity index (χ3v) is 2.91. The minimum absolute atomic E-state index is 0.0565. The van der Waals surface area contributed by atoms with Crippen molar-refractivity contribution in [3.63, 3.8) is 0 Å². The van der Waals surface area contributed by atoms with Gasteiger partial charge in [-0.1, -0.05) is 13.3 Å². The van der Waals surface area contributed by atoms with Gasteiger partial charge >= 0.3 is 5.97 Å². The van der Waals surface area contributed by atoms with E-state index in [4.69, 9.17) is 10.2 Å². The van der Waals surface area contributed by atoms with E-state index in [1.54, 1.807) is 0 Å². The molecule has 0 saturated carbocycles. The molecule has 106 valence electrons. The summed E-state index contributed by atoms with van der Waals surface area (Å²) in [5, 5.41) is 20.6. The van der Waals surface area contributed by atoms with Gasteiger partial charge in [-0.3, -0.25) is 0 Å². The lowest BCUT2D eigenvalue weighted by atomic mass is 10.0. The summed E-state index contributed by atoms with van der Waals surface area (Å²) in [4.78, 5) is 14.6. The molecule has 0 aliphatic heterocycles. The number of nitrogens with one attached hydrogen (secondary N) is 1. The molecule has 0 saturated heterocycles. The summed E-state index contributed by atoms with van der Waals surface area (Å²) in [6.07, 6.45) is 3.77. The predicted molar refractivity (Wildman–Crippen MR) is 69.7 cm³/mol. The van der Waals surface area contributed by atoms with Crippen molar-refractivity contribution in [2.24, 2.45) is 5.92 Å². The maximum absolute atomic E-state index is 13.8. The monoisotopic (exact) mass is 270 g/mol. The molecule has 5 nitrogen and oxygen atoms in total. The van der Waals surface area contributed by atoms with Gasteiger partial charge in [0, 0.05) is 19.3 Å². The molecule has 6 heteroatoms. The Morgan fingerprint density at radius 3 is 2.84 bits per heavy atom. The molecule has 0 fully saturated rings. The summed E-state index contributed by atoms with van der Waals surface area (Å²) < 4.78 is 13.8. The van der Waals surface area contributed by atoms with Crippen LogP contribution in [0.15, 0.2) is 12.3 Å². The lowest BCUT2D eigenvalue weighted by molar-refractivity contribution is 0.0692. The number of halogens is 1. The number of aliphatic hydroxyl groups excluding tert-OH is 1. The number of rotatable bonds is 8. The first-order chi connectivity index (χ1) is 9.10. The van der Waals surface area contributed by atoms with E-state index in [0.29, 0.717) is 13.0 Å². The van der Waals surface area contributed by atoms with Gasteiger partial charge in [-0.05, 0) is 24.8 Å². The highest BCUT2D eigenvalue weighted by Gasteiger charge is 2.16. The number of pyridine rings is 1. The van der Waals surface area contributed by atoms with Crippen LogP contribution < -0.4 is 5.32 Å². The molecule has 0 spiro atoms. The van der Waals surface area contributed by atoms with Crippen LogP contribution >= 0.6 is 0 Å². The molecule has 19 heavy (non-hydrogen) atoms. The topological polar surface area (TPSA) is 82.5 Å². The summed E-state index contributed by atoms with van der Waals surface area (Å²) in [7, 11) is 0. The fraction of sp³-hybridized carbons (Fsp3) is 0.538. The molecule has 1 rings (SSSR count). The average Bonchev–Trinajstić information content (AvgIpc) is 2.37. The third kappa shape index (κ3) is 4.48. The Balaban J connectivity index is 2.71. The van der Waals surface area contributed by atoms with Crippen molar-refractivity contribution in [1.29, 1.82) is 0 Å². The molecule has 1 aromatic heterocycles. The van der Waals surface area contributed by atoms with Crippen LogP contribution in [-0.2, 0) is 0 Å². The van der Waals surface area contributed by atoms with Crippen LogP contribution in [0.2, 0.25) is 0 Å². The number of carboxylic acids is 1. The minimum atomic E-state index is -1.32. The Morgan fingerprint density at radius 2 is 2.26 bits per heavy atom. The Morgan fingerprint density at radius 1 is 1.53 bits per heavy atom. The van der Waals surface area contributed by atoms with Gasteiger partial charge in [0.05, 0.1) is 0 Å². The van der Waals surface area contributed by atoms with E-state index in [-0.39, 0.29) is 18.3 Å². The molecule has 0 aliphatic carbocycles. The maximum atomic E-state index is 13.8. The van der Waals surface area contributed by atoms with E-state index in [2.05, 4.69) is 10.3 Å². The number of aromatic carboxylic acids is 1. The summed E-state index contributed by atoms with van der Waals surface area (Å²) in [6.45, 7) is 2.58. The van der Waals surface area contributed by atoms with Gasteiger partial charge in [-0.2, -0.15) is 0 Å². The molecule has 0 bridgehead atoms. The van der Waals surface area contributed by atoms with Crippen LogP contribution in [0.4, 0.5) is 10.2 Å². The minimum Gasteiger partial charge on any atom is -0.478 e. The van der Waals surface area contributed by atoms with E-state index in [9.17, 15) is 9.18 Å². The fourth-order valence-corrected chi connectivity index (χ4v) is 1.91. The predicted octanol–water partition coefficient (Wildman–Crippen LogP) is 2.13. The number of nitrogens with zero attached hydrogens (tertiary/aromatic N) is 1. The van der Waals surface area contributed by atoms with E-state index in [1.807, 2.05) is 6.92 Å². The highest BCUT2D eigenvalue weighted by atomic mass is 19.1. The van der Waals surface area contributed by atoms with Crippen molar-refractivity contribution in [1.82, 2.24) is 4.98 Å². The molecule has 0 radical (unpaired) electrons. The van der Waals surface area contributed by atoms with Crippen molar-refractivity contribution in [2.75, 3.05) is 18.5 Å². The number of hydrogen-bond donors (Lipinski definition) is 3. The first kappa shape index (κ1) is 15.4. The first-order valence-corrected chi connectivity index (χ1v) is 6.32. The molecule has 1 heterocycles. The van der Waals surface area contributed by atoms with Crippen molar-refractivity contribution in [2.45, 2.75) is 26.2 Å². The fourth-order valence-electron chi connectivity index (χ4n) is 1.91. The quantitative estimate of drug-likeness (QED) is 0.674. The SMILES string of the molecule is CCCC(CCO)CNc1nccc(C(=O)O)c1F. The van der Waals surface area contributed by atoms with Gasteiger partial charge in [0.15, 0.2) is 11.6 Å².